The number of ether oxygens (including phenoxy) is 2. The second-order valence-corrected chi connectivity index (χ2v) is 11.6. The summed E-state index contributed by atoms with van der Waals surface area (Å²) in [5.41, 5.74) is -0.543. The predicted molar refractivity (Wildman–Crippen MR) is 114 cm³/mol. The molecule has 4 saturated carbocycles. The lowest BCUT2D eigenvalue weighted by Gasteiger charge is -2.60. The molecule has 5 fully saturated rings. The Bertz CT molecular complexity index is 913. The van der Waals surface area contributed by atoms with Crippen LogP contribution in [0.5, 0.6) is 0 Å². The van der Waals surface area contributed by atoms with Gasteiger partial charge < -0.3 is 14.6 Å². The Balaban J connectivity index is 1.42. The maximum Gasteiger partial charge on any atom is 0.178 e. The van der Waals surface area contributed by atoms with Crippen LogP contribution in [0.25, 0.3) is 0 Å². The van der Waals surface area contributed by atoms with Crippen molar-refractivity contribution >= 4 is 11.6 Å². The first-order chi connectivity index (χ1) is 14.7. The normalized spacial score (nSPS) is 51.8. The van der Waals surface area contributed by atoms with Crippen LogP contribution < -0.4 is 0 Å². The zero-order valence-electron chi connectivity index (χ0n) is 18.9. The zero-order valence-corrected chi connectivity index (χ0v) is 18.9. The van der Waals surface area contributed by atoms with Crippen LogP contribution in [0.15, 0.2) is 23.8 Å². The highest BCUT2D eigenvalue weighted by Gasteiger charge is 2.77. The fourth-order valence-electron chi connectivity index (χ4n) is 9.02. The van der Waals surface area contributed by atoms with E-state index in [-0.39, 0.29) is 40.8 Å². The van der Waals surface area contributed by atoms with Gasteiger partial charge in [-0.2, -0.15) is 0 Å². The molecule has 1 saturated heterocycles. The van der Waals surface area contributed by atoms with Crippen molar-refractivity contribution in [2.75, 3.05) is 0 Å². The van der Waals surface area contributed by atoms with Crippen LogP contribution in [-0.4, -0.2) is 40.3 Å². The van der Waals surface area contributed by atoms with Crippen molar-refractivity contribution in [2.24, 2.45) is 28.6 Å². The molecule has 168 valence electrons. The van der Waals surface area contributed by atoms with Gasteiger partial charge in [0.05, 0.1) is 12.2 Å². The number of Topliss-reactive ketones (excluding diaryl/α,β-unsaturated/α-hetero) is 1. The Hall–Kier alpha value is -1.30. The fourth-order valence-corrected chi connectivity index (χ4v) is 9.02. The van der Waals surface area contributed by atoms with Gasteiger partial charge >= 0.3 is 0 Å². The van der Waals surface area contributed by atoms with Gasteiger partial charge in [-0.3, -0.25) is 9.59 Å². The molecule has 1 N–H and O–H groups in total. The van der Waals surface area contributed by atoms with Crippen LogP contribution in [0.3, 0.4) is 0 Å². The maximum atomic E-state index is 13.3. The number of ketones is 2. The summed E-state index contributed by atoms with van der Waals surface area (Å²) >= 11 is 0. The van der Waals surface area contributed by atoms with Gasteiger partial charge in [-0.1, -0.05) is 25.5 Å². The molecule has 8 atom stereocenters. The Morgan fingerprint density at radius 1 is 1.23 bits per heavy atom. The Kier molecular flexibility index (Phi) is 4.05. The van der Waals surface area contributed by atoms with E-state index >= 15 is 0 Å². The quantitative estimate of drug-likeness (QED) is 0.689. The van der Waals surface area contributed by atoms with E-state index in [1.165, 1.54) is 0 Å². The molecule has 1 heterocycles. The van der Waals surface area contributed by atoms with Gasteiger partial charge in [0.2, 0.25) is 0 Å². The minimum absolute atomic E-state index is 0.0515. The summed E-state index contributed by atoms with van der Waals surface area (Å²) in [6, 6.07) is 0. The van der Waals surface area contributed by atoms with E-state index in [4.69, 9.17) is 9.47 Å². The SMILES string of the molecule is CC(=O)C12OC3(CCCC3)OC1CC1C3CCC4=CC(=O)C=CC4(C)C3C(O)CC12C. The van der Waals surface area contributed by atoms with E-state index in [0.717, 1.165) is 50.5 Å². The van der Waals surface area contributed by atoms with Crippen LogP contribution in [0.1, 0.15) is 72.1 Å². The molecule has 5 heteroatoms. The molecule has 6 rings (SSSR count). The second-order valence-electron chi connectivity index (χ2n) is 11.6. The van der Waals surface area contributed by atoms with Crippen molar-refractivity contribution in [3.63, 3.8) is 0 Å². The highest BCUT2D eigenvalue weighted by molar-refractivity contribution is 6.01. The van der Waals surface area contributed by atoms with Gasteiger partial charge in [-0.05, 0) is 69.4 Å². The highest BCUT2D eigenvalue weighted by atomic mass is 16.8. The summed E-state index contributed by atoms with van der Waals surface area (Å²) in [4.78, 5) is 25.3. The number of fused-ring (bicyclic) bond motifs is 7. The van der Waals surface area contributed by atoms with Crippen LogP contribution in [-0.2, 0) is 19.1 Å². The average molecular weight is 427 g/mol. The summed E-state index contributed by atoms with van der Waals surface area (Å²) in [5, 5.41) is 11.6. The molecule has 8 unspecified atom stereocenters. The summed E-state index contributed by atoms with van der Waals surface area (Å²) in [5.74, 6) is 0.101. The average Bonchev–Trinajstić information content (AvgIpc) is 3.35. The predicted octanol–water partition coefficient (Wildman–Crippen LogP) is 3.89. The molecule has 5 aliphatic carbocycles. The number of aliphatic hydroxyl groups is 1. The van der Waals surface area contributed by atoms with Gasteiger partial charge in [0.1, 0.15) is 0 Å². The number of aliphatic hydroxyl groups excluding tert-OH is 1. The third kappa shape index (κ3) is 2.33. The maximum absolute atomic E-state index is 13.3. The van der Waals surface area contributed by atoms with Gasteiger partial charge in [-0.15, -0.1) is 0 Å². The van der Waals surface area contributed by atoms with Crippen molar-refractivity contribution in [2.45, 2.75) is 95.7 Å². The number of rotatable bonds is 1. The molecular weight excluding hydrogens is 392 g/mol. The number of hydrogen-bond donors (Lipinski definition) is 1. The second kappa shape index (κ2) is 6.18. The first kappa shape index (κ1) is 20.3. The van der Waals surface area contributed by atoms with Crippen LogP contribution >= 0.6 is 0 Å². The monoisotopic (exact) mass is 426 g/mol. The van der Waals surface area contributed by atoms with E-state index in [1.807, 2.05) is 6.08 Å². The molecule has 0 aromatic rings. The number of allylic oxidation sites excluding steroid dienone is 4. The summed E-state index contributed by atoms with van der Waals surface area (Å²) < 4.78 is 13.4. The molecular formula is C26H34O5. The lowest BCUT2D eigenvalue weighted by molar-refractivity contribution is -0.234. The molecule has 0 bridgehead atoms. The summed E-state index contributed by atoms with van der Waals surface area (Å²) in [6.45, 7) is 6.03. The van der Waals surface area contributed by atoms with Crippen molar-refractivity contribution < 1.29 is 24.2 Å². The van der Waals surface area contributed by atoms with E-state index in [1.54, 1.807) is 19.1 Å². The summed E-state index contributed by atoms with van der Waals surface area (Å²) in [7, 11) is 0. The van der Waals surface area contributed by atoms with Gasteiger partial charge in [0, 0.05) is 29.6 Å². The molecule has 31 heavy (non-hydrogen) atoms. The van der Waals surface area contributed by atoms with E-state index in [9.17, 15) is 14.7 Å². The van der Waals surface area contributed by atoms with E-state index in [0.29, 0.717) is 6.42 Å². The molecule has 0 amide bonds. The third-order valence-corrected chi connectivity index (χ3v) is 10.2. The standard InChI is InChI=1S/C26H34O5/c1-15(27)26-21(30-25(31-26)9-4-5-10-25)13-19-18-7-6-16-12-17(28)8-11-23(16,2)22(18)20(29)14-24(19,26)3/h8,11-12,18-22,29H,4-7,9-10,13-14H2,1-3H3. The first-order valence-electron chi connectivity index (χ1n) is 12.2. The first-order valence-corrected chi connectivity index (χ1v) is 12.2. The van der Waals surface area contributed by atoms with E-state index in [2.05, 4.69) is 13.8 Å². The lowest BCUT2D eigenvalue weighted by Crippen LogP contribution is -2.63. The van der Waals surface area contributed by atoms with Crippen LogP contribution in [0.4, 0.5) is 0 Å². The van der Waals surface area contributed by atoms with Gasteiger partial charge in [-0.25, -0.2) is 0 Å². The Labute approximate surface area is 184 Å². The molecule has 0 radical (unpaired) electrons. The van der Waals surface area contributed by atoms with Crippen LogP contribution in [0, 0.1) is 28.6 Å². The lowest BCUT2D eigenvalue weighted by atomic mass is 9.46. The molecule has 1 aliphatic heterocycles. The topological polar surface area (TPSA) is 72.8 Å². The molecule has 0 aromatic heterocycles. The minimum Gasteiger partial charge on any atom is -0.393 e. The Morgan fingerprint density at radius 2 is 1.97 bits per heavy atom. The van der Waals surface area contributed by atoms with Crippen molar-refractivity contribution in [3.05, 3.63) is 23.8 Å². The third-order valence-electron chi connectivity index (χ3n) is 10.2. The minimum atomic E-state index is -0.955. The highest BCUT2D eigenvalue weighted by Crippen LogP contribution is 2.71. The fraction of sp³-hybridized carbons (Fsp3) is 0.769. The molecule has 6 aliphatic rings. The molecule has 0 aromatic carbocycles. The number of carbonyl (C=O) groups excluding carboxylic acids is 2. The van der Waals surface area contributed by atoms with Gasteiger partial charge in [0.25, 0.3) is 0 Å². The van der Waals surface area contributed by atoms with Gasteiger partial charge in [0.15, 0.2) is 23.0 Å². The molecule has 1 spiro atoms. The zero-order chi connectivity index (χ0) is 21.8. The van der Waals surface area contributed by atoms with Crippen molar-refractivity contribution in [3.8, 4) is 0 Å². The number of hydrogen-bond acceptors (Lipinski definition) is 5. The van der Waals surface area contributed by atoms with Crippen molar-refractivity contribution in [1.82, 2.24) is 0 Å². The van der Waals surface area contributed by atoms with E-state index < -0.39 is 22.9 Å². The number of carbonyl (C=O) groups is 2. The smallest absolute Gasteiger partial charge is 0.178 e. The Morgan fingerprint density at radius 3 is 2.68 bits per heavy atom. The van der Waals surface area contributed by atoms with Crippen molar-refractivity contribution in [1.29, 1.82) is 0 Å². The largest absolute Gasteiger partial charge is 0.393 e. The van der Waals surface area contributed by atoms with Crippen LogP contribution in [0.2, 0.25) is 0 Å². The molecule has 5 nitrogen and oxygen atoms in total. The summed E-state index contributed by atoms with van der Waals surface area (Å²) in [6.07, 6.45) is 11.8.